The van der Waals surface area contributed by atoms with Crippen LogP contribution in [0.4, 0.5) is 0 Å². The van der Waals surface area contributed by atoms with Gasteiger partial charge in [-0.15, -0.1) is 0 Å². The van der Waals surface area contributed by atoms with Crippen molar-refractivity contribution >= 4 is 29.7 Å². The normalized spacial score (nSPS) is 11.2. The number of amides is 2. The predicted octanol–water partition coefficient (Wildman–Crippen LogP) is -3.25. The number of hydrogen-bond acceptors (Lipinski definition) is 10. The van der Waals surface area contributed by atoms with Crippen molar-refractivity contribution in [1.82, 2.24) is 19.6 Å². The molecule has 0 spiro atoms. The van der Waals surface area contributed by atoms with Crippen LogP contribution in [0.5, 0.6) is 0 Å². The maximum atomic E-state index is 12.8. The molecule has 0 unspecified atom stereocenters. The van der Waals surface area contributed by atoms with E-state index >= 15 is 0 Å². The number of aliphatic carboxylic acids is 3. The predicted molar refractivity (Wildman–Crippen MR) is 122 cm³/mol. The lowest BCUT2D eigenvalue weighted by molar-refractivity contribution is -0.142. The van der Waals surface area contributed by atoms with E-state index in [4.69, 9.17) is 25.4 Å². The van der Waals surface area contributed by atoms with Gasteiger partial charge in [0.15, 0.2) is 0 Å². The standard InChI is InChI=1S/C20H37N5O10/c1-34-9-7-25(8-10-35-2)17(27)12-23(13-18(28)29)5-3-22(11-16(21)26)4-6-24(14-19(30)31)15-20(32)33/h3-15H2,1-2H3,(H2,21,26)(H,28,29)(H,30,31)(H,32,33). The Balaban J connectivity index is 5.22. The van der Waals surface area contributed by atoms with E-state index in [0.717, 1.165) is 0 Å². The van der Waals surface area contributed by atoms with Crippen molar-refractivity contribution in [3.8, 4) is 0 Å². The van der Waals surface area contributed by atoms with Gasteiger partial charge in [-0.25, -0.2) is 0 Å². The second-order valence-corrected chi connectivity index (χ2v) is 7.71. The second-order valence-electron chi connectivity index (χ2n) is 7.71. The highest BCUT2D eigenvalue weighted by atomic mass is 16.5. The number of carboxylic acid groups (broad SMARTS) is 3. The largest absolute Gasteiger partial charge is 0.480 e. The van der Waals surface area contributed by atoms with Crippen LogP contribution in [0.15, 0.2) is 0 Å². The summed E-state index contributed by atoms with van der Waals surface area (Å²) >= 11 is 0. The van der Waals surface area contributed by atoms with Gasteiger partial charge >= 0.3 is 17.9 Å². The van der Waals surface area contributed by atoms with Gasteiger partial charge < -0.3 is 35.4 Å². The van der Waals surface area contributed by atoms with Crippen LogP contribution in [0, 0.1) is 0 Å². The third-order valence-corrected chi connectivity index (χ3v) is 4.76. The Labute approximate surface area is 203 Å². The van der Waals surface area contributed by atoms with E-state index in [1.54, 1.807) is 4.90 Å². The monoisotopic (exact) mass is 507 g/mol. The molecule has 0 aromatic heterocycles. The minimum Gasteiger partial charge on any atom is -0.480 e. The molecular formula is C20H37N5O10. The van der Waals surface area contributed by atoms with Gasteiger partial charge in [-0.2, -0.15) is 0 Å². The number of nitrogens with two attached hydrogens (primary N) is 1. The molecule has 0 aliphatic heterocycles. The van der Waals surface area contributed by atoms with Crippen molar-refractivity contribution in [3.05, 3.63) is 0 Å². The fourth-order valence-corrected chi connectivity index (χ4v) is 3.11. The molecule has 15 nitrogen and oxygen atoms in total. The number of primary amides is 1. The Morgan fingerprint density at radius 2 is 0.971 bits per heavy atom. The molecule has 0 aromatic rings. The van der Waals surface area contributed by atoms with Crippen molar-refractivity contribution in [2.75, 3.05) is 99.4 Å². The van der Waals surface area contributed by atoms with Crippen LogP contribution in [0.2, 0.25) is 0 Å². The maximum Gasteiger partial charge on any atom is 0.317 e. The van der Waals surface area contributed by atoms with Gasteiger partial charge in [0.05, 0.1) is 45.9 Å². The van der Waals surface area contributed by atoms with Crippen LogP contribution in [0.1, 0.15) is 0 Å². The molecule has 15 heteroatoms. The van der Waals surface area contributed by atoms with Crippen LogP contribution in [-0.4, -0.2) is 164 Å². The quantitative estimate of drug-likeness (QED) is 0.114. The third kappa shape index (κ3) is 17.3. The summed E-state index contributed by atoms with van der Waals surface area (Å²) in [7, 11) is 2.99. The summed E-state index contributed by atoms with van der Waals surface area (Å²) in [5, 5.41) is 27.2. The number of rotatable bonds is 22. The lowest BCUT2D eigenvalue weighted by Gasteiger charge is -2.29. The molecule has 0 rings (SSSR count). The Morgan fingerprint density at radius 1 is 0.600 bits per heavy atom. The van der Waals surface area contributed by atoms with E-state index in [2.05, 4.69) is 0 Å². The molecule has 0 bridgehead atoms. The average Bonchev–Trinajstić information content (AvgIpc) is 2.73. The van der Waals surface area contributed by atoms with Crippen molar-refractivity contribution in [2.45, 2.75) is 0 Å². The molecule has 0 heterocycles. The molecule has 0 aromatic carbocycles. The molecular weight excluding hydrogens is 470 g/mol. The Kier molecular flexibility index (Phi) is 17.0. The topological polar surface area (TPSA) is 203 Å². The van der Waals surface area contributed by atoms with Gasteiger partial charge in [0.2, 0.25) is 11.8 Å². The van der Waals surface area contributed by atoms with E-state index in [1.807, 2.05) is 0 Å². The number of hydrogen-bond donors (Lipinski definition) is 4. The van der Waals surface area contributed by atoms with Gasteiger partial charge in [0.25, 0.3) is 0 Å². The van der Waals surface area contributed by atoms with Crippen molar-refractivity contribution < 1.29 is 48.8 Å². The van der Waals surface area contributed by atoms with Crippen LogP contribution < -0.4 is 5.73 Å². The summed E-state index contributed by atoms with van der Waals surface area (Å²) in [4.78, 5) is 63.2. The molecule has 0 aliphatic rings. The molecule has 2 amide bonds. The molecule has 0 saturated carbocycles. The molecule has 0 atom stereocenters. The van der Waals surface area contributed by atoms with Gasteiger partial charge in [0.1, 0.15) is 0 Å². The zero-order valence-electron chi connectivity index (χ0n) is 20.3. The van der Waals surface area contributed by atoms with E-state index in [0.29, 0.717) is 26.3 Å². The summed E-state index contributed by atoms with van der Waals surface area (Å²) in [6.07, 6.45) is 0. The number of nitrogens with zero attached hydrogens (tertiary/aromatic N) is 4. The minimum absolute atomic E-state index is 0.0194. The number of ether oxygens (including phenoxy) is 2. The van der Waals surface area contributed by atoms with Gasteiger partial charge in [-0.05, 0) is 0 Å². The van der Waals surface area contributed by atoms with Gasteiger partial charge in [-0.3, -0.25) is 38.7 Å². The first-order chi connectivity index (χ1) is 16.5. The SMILES string of the molecule is COCCN(CCOC)C(=O)CN(CCN(CCN(CC(=O)O)CC(=O)O)CC(N)=O)CC(=O)O. The number of methoxy groups -OCH3 is 2. The van der Waals surface area contributed by atoms with Crippen LogP contribution in [0.3, 0.4) is 0 Å². The molecule has 202 valence electrons. The first-order valence-electron chi connectivity index (χ1n) is 10.8. The zero-order valence-corrected chi connectivity index (χ0v) is 20.3. The van der Waals surface area contributed by atoms with Crippen LogP contribution >= 0.6 is 0 Å². The summed E-state index contributed by atoms with van der Waals surface area (Å²) in [5.74, 6) is -4.54. The molecule has 0 saturated heterocycles. The number of carbonyl (C=O) groups excluding carboxylic acids is 2. The van der Waals surface area contributed by atoms with Crippen LogP contribution in [0.25, 0.3) is 0 Å². The van der Waals surface area contributed by atoms with E-state index < -0.39 is 43.4 Å². The molecule has 0 fully saturated rings. The maximum absolute atomic E-state index is 12.8. The number of carbonyl (C=O) groups is 5. The van der Waals surface area contributed by atoms with E-state index in [-0.39, 0.29) is 45.2 Å². The fourth-order valence-electron chi connectivity index (χ4n) is 3.11. The van der Waals surface area contributed by atoms with Crippen molar-refractivity contribution in [3.63, 3.8) is 0 Å². The smallest absolute Gasteiger partial charge is 0.317 e. The summed E-state index contributed by atoms with van der Waals surface area (Å²) < 4.78 is 10.0. The highest BCUT2D eigenvalue weighted by Gasteiger charge is 2.21. The number of carboxylic acids is 3. The van der Waals surface area contributed by atoms with Gasteiger partial charge in [-0.1, -0.05) is 0 Å². The average molecular weight is 508 g/mol. The Morgan fingerprint density at radius 3 is 1.31 bits per heavy atom. The summed E-state index contributed by atoms with van der Waals surface area (Å²) in [5.41, 5.74) is 5.29. The molecule has 35 heavy (non-hydrogen) atoms. The lowest BCUT2D eigenvalue weighted by atomic mass is 10.3. The lowest BCUT2D eigenvalue weighted by Crippen LogP contribution is -2.48. The summed E-state index contributed by atoms with van der Waals surface area (Å²) in [6.45, 7) is -0.310. The molecule has 5 N–H and O–H groups in total. The molecule has 0 aliphatic carbocycles. The highest BCUT2D eigenvalue weighted by molar-refractivity contribution is 5.79. The van der Waals surface area contributed by atoms with Crippen molar-refractivity contribution in [2.24, 2.45) is 5.73 Å². The Hall–Kier alpha value is -2.85. The van der Waals surface area contributed by atoms with Gasteiger partial charge in [0, 0.05) is 53.5 Å². The third-order valence-electron chi connectivity index (χ3n) is 4.76. The first-order valence-corrected chi connectivity index (χ1v) is 10.8. The second kappa shape index (κ2) is 18.5. The first kappa shape index (κ1) is 32.1. The van der Waals surface area contributed by atoms with Crippen molar-refractivity contribution in [1.29, 1.82) is 0 Å². The zero-order chi connectivity index (χ0) is 26.8. The highest BCUT2D eigenvalue weighted by Crippen LogP contribution is 2.00. The fraction of sp³-hybridized carbons (Fsp3) is 0.750. The van der Waals surface area contributed by atoms with E-state index in [9.17, 15) is 29.1 Å². The Bertz CT molecular complexity index is 669. The molecule has 0 radical (unpaired) electrons. The minimum atomic E-state index is -1.20. The summed E-state index contributed by atoms with van der Waals surface area (Å²) in [6, 6.07) is 0. The van der Waals surface area contributed by atoms with Crippen LogP contribution in [-0.2, 0) is 33.4 Å². The van der Waals surface area contributed by atoms with E-state index in [1.165, 1.54) is 28.9 Å².